The van der Waals surface area contributed by atoms with Crippen molar-refractivity contribution in [2.45, 2.75) is 31.0 Å². The third kappa shape index (κ3) is 4.77. The molecule has 0 aromatic heterocycles. The highest BCUT2D eigenvalue weighted by molar-refractivity contribution is 7.89. The predicted octanol–water partition coefficient (Wildman–Crippen LogP) is 4.61. The number of sulfonamides is 1. The number of hydrogen-bond acceptors (Lipinski definition) is 4. The maximum absolute atomic E-state index is 13.5. The first-order valence-corrected chi connectivity index (χ1v) is 12.9. The van der Waals surface area contributed by atoms with Crippen molar-refractivity contribution in [2.75, 3.05) is 5.01 Å². The fraction of sp³-hybridized carbons (Fsp3) is 0.148. The van der Waals surface area contributed by atoms with Gasteiger partial charge in [0.15, 0.2) is 0 Å². The number of nitrogens with zero attached hydrogens (tertiary/aromatic N) is 1. The van der Waals surface area contributed by atoms with Crippen LogP contribution in [-0.2, 0) is 23.1 Å². The summed E-state index contributed by atoms with van der Waals surface area (Å²) in [7, 11) is -4.00. The molecule has 3 N–H and O–H groups in total. The Balaban J connectivity index is 1.48. The molecular formula is C27H26N4O3S. The third-order valence-electron chi connectivity index (χ3n) is 6.18. The first-order valence-electron chi connectivity index (χ1n) is 11.4. The Morgan fingerprint density at radius 1 is 0.886 bits per heavy atom. The number of carbonyl (C=O) groups is 1. The second kappa shape index (κ2) is 9.50. The molecule has 4 aromatic carbocycles. The van der Waals surface area contributed by atoms with E-state index in [1.807, 2.05) is 61.5 Å². The molecule has 1 heterocycles. The molecule has 0 radical (unpaired) electrons. The van der Waals surface area contributed by atoms with Crippen LogP contribution in [0.3, 0.4) is 0 Å². The quantitative estimate of drug-likeness (QED) is 0.347. The van der Waals surface area contributed by atoms with Crippen LogP contribution < -0.4 is 20.5 Å². The Morgan fingerprint density at radius 3 is 2.43 bits per heavy atom. The molecule has 1 aliphatic rings. The number of benzene rings is 4. The van der Waals surface area contributed by atoms with Gasteiger partial charge in [-0.05, 0) is 58.7 Å². The molecule has 2 amide bonds. The molecule has 178 valence electrons. The maximum Gasteiger partial charge on any atom is 0.337 e. The van der Waals surface area contributed by atoms with Crippen molar-refractivity contribution < 1.29 is 13.2 Å². The van der Waals surface area contributed by atoms with E-state index in [4.69, 9.17) is 0 Å². The van der Waals surface area contributed by atoms with Crippen molar-refractivity contribution in [3.63, 3.8) is 0 Å². The molecule has 1 atom stereocenters. The summed E-state index contributed by atoms with van der Waals surface area (Å²) in [5, 5.41) is 9.41. The number of nitrogens with one attached hydrogen (secondary N) is 3. The number of fused-ring (bicyclic) bond motifs is 2. The molecule has 1 unspecified atom stereocenters. The van der Waals surface area contributed by atoms with Gasteiger partial charge in [0.1, 0.15) is 0 Å². The first kappa shape index (κ1) is 23.0. The van der Waals surface area contributed by atoms with E-state index >= 15 is 0 Å². The van der Waals surface area contributed by atoms with E-state index in [0.29, 0.717) is 12.2 Å². The van der Waals surface area contributed by atoms with Crippen LogP contribution in [-0.4, -0.2) is 14.4 Å². The van der Waals surface area contributed by atoms with Crippen LogP contribution in [0.2, 0.25) is 0 Å². The number of rotatable bonds is 6. The van der Waals surface area contributed by atoms with Crippen LogP contribution in [0, 0.1) is 0 Å². The fourth-order valence-electron chi connectivity index (χ4n) is 4.36. The molecule has 7 nitrogen and oxygen atoms in total. The van der Waals surface area contributed by atoms with Gasteiger partial charge in [-0.1, -0.05) is 66.7 Å². The second-order valence-corrected chi connectivity index (χ2v) is 10.2. The largest absolute Gasteiger partial charge is 0.337 e. The third-order valence-corrected chi connectivity index (χ3v) is 7.49. The Labute approximate surface area is 204 Å². The zero-order valence-electron chi connectivity index (χ0n) is 19.2. The Kier molecular flexibility index (Phi) is 6.25. The lowest BCUT2D eigenvalue weighted by Gasteiger charge is -2.26. The van der Waals surface area contributed by atoms with E-state index in [1.54, 1.807) is 24.3 Å². The summed E-state index contributed by atoms with van der Waals surface area (Å²) in [6, 6.07) is 26.5. The highest BCUT2D eigenvalue weighted by Crippen LogP contribution is 2.26. The number of urea groups is 1. The number of carbonyl (C=O) groups excluding carboxylic acids is 1. The van der Waals surface area contributed by atoms with Crippen LogP contribution in [0.15, 0.2) is 95.9 Å². The summed E-state index contributed by atoms with van der Waals surface area (Å²) >= 11 is 0. The van der Waals surface area contributed by atoms with Crippen molar-refractivity contribution in [1.82, 2.24) is 15.5 Å². The van der Waals surface area contributed by atoms with E-state index in [1.165, 1.54) is 12.1 Å². The lowest BCUT2D eigenvalue weighted by molar-refractivity contribution is 0.242. The Hall–Kier alpha value is -3.72. The van der Waals surface area contributed by atoms with Crippen molar-refractivity contribution in [2.24, 2.45) is 0 Å². The lowest BCUT2D eigenvalue weighted by atomic mass is 10.00. The summed E-state index contributed by atoms with van der Waals surface area (Å²) in [6.45, 7) is 3.29. The van der Waals surface area contributed by atoms with Gasteiger partial charge in [0.05, 0.1) is 16.6 Å². The maximum atomic E-state index is 13.5. The van der Waals surface area contributed by atoms with Gasteiger partial charge in [-0.3, -0.25) is 0 Å². The summed E-state index contributed by atoms with van der Waals surface area (Å²) in [4.78, 5) is 16.1. The van der Waals surface area contributed by atoms with Crippen LogP contribution >= 0.6 is 0 Å². The van der Waals surface area contributed by atoms with Crippen molar-refractivity contribution in [3.8, 4) is 0 Å². The molecule has 0 aliphatic carbocycles. The van der Waals surface area contributed by atoms with Crippen molar-refractivity contribution >= 4 is 32.5 Å². The van der Waals surface area contributed by atoms with Gasteiger partial charge in [0, 0.05) is 13.1 Å². The molecule has 1 aliphatic heterocycles. The van der Waals surface area contributed by atoms with Gasteiger partial charge in [0.2, 0.25) is 0 Å². The standard InChI is InChI=1S/C27H26N4O3S/c1-19(25-13-7-9-20-8-5-6-12-26(20)25)29-27(32)31(23-15-14-21-17-28-18-22(21)16-23)30-35(33,34)24-10-3-2-4-11-24/h2-16,19,28,30H,17-18H2,1H3,(H,29,32). The molecular weight excluding hydrogens is 460 g/mol. The van der Waals surface area contributed by atoms with Crippen LogP contribution in [0.25, 0.3) is 10.8 Å². The minimum Gasteiger partial charge on any atom is -0.330 e. The molecule has 0 fully saturated rings. The van der Waals surface area contributed by atoms with Gasteiger partial charge >= 0.3 is 6.03 Å². The van der Waals surface area contributed by atoms with Gasteiger partial charge in [0.25, 0.3) is 10.0 Å². The molecule has 4 aromatic rings. The van der Waals surface area contributed by atoms with Gasteiger partial charge < -0.3 is 10.6 Å². The summed E-state index contributed by atoms with van der Waals surface area (Å²) < 4.78 is 26.3. The van der Waals surface area contributed by atoms with Crippen LogP contribution in [0.5, 0.6) is 0 Å². The summed E-state index contributed by atoms with van der Waals surface area (Å²) in [5.41, 5.74) is 3.54. The normalized spacial score (nSPS) is 13.9. The van der Waals surface area contributed by atoms with Crippen molar-refractivity contribution in [3.05, 3.63) is 108 Å². The molecule has 5 rings (SSSR count). The topological polar surface area (TPSA) is 90.5 Å². The second-order valence-electron chi connectivity index (χ2n) is 8.54. The van der Waals surface area contributed by atoms with Crippen LogP contribution in [0.4, 0.5) is 10.5 Å². The Morgan fingerprint density at radius 2 is 1.60 bits per heavy atom. The van der Waals surface area contributed by atoms with E-state index in [9.17, 15) is 13.2 Å². The van der Waals surface area contributed by atoms with E-state index in [-0.39, 0.29) is 10.9 Å². The van der Waals surface area contributed by atoms with E-state index in [0.717, 1.165) is 39.0 Å². The highest BCUT2D eigenvalue weighted by Gasteiger charge is 2.26. The molecule has 0 saturated carbocycles. The van der Waals surface area contributed by atoms with Crippen LogP contribution in [0.1, 0.15) is 29.7 Å². The van der Waals surface area contributed by atoms with Crippen molar-refractivity contribution in [1.29, 1.82) is 0 Å². The molecule has 35 heavy (non-hydrogen) atoms. The minimum atomic E-state index is -4.00. The first-order chi connectivity index (χ1) is 16.9. The molecule has 0 bridgehead atoms. The lowest BCUT2D eigenvalue weighted by Crippen LogP contribution is -2.51. The fourth-order valence-corrected chi connectivity index (χ4v) is 5.41. The monoisotopic (exact) mass is 486 g/mol. The van der Waals surface area contributed by atoms with Gasteiger partial charge in [-0.2, -0.15) is 0 Å². The number of anilines is 1. The SMILES string of the molecule is CC(NC(=O)N(NS(=O)(=O)c1ccccc1)c1ccc2c(c1)CNC2)c1cccc2ccccc12. The molecule has 0 saturated heterocycles. The average Bonchev–Trinajstić information content (AvgIpc) is 3.35. The minimum absolute atomic E-state index is 0.0720. The number of hydrazine groups is 1. The van der Waals surface area contributed by atoms with Gasteiger partial charge in [-0.25, -0.2) is 18.2 Å². The van der Waals surface area contributed by atoms with E-state index < -0.39 is 16.1 Å². The smallest absolute Gasteiger partial charge is 0.330 e. The zero-order chi connectivity index (χ0) is 24.4. The molecule has 0 spiro atoms. The zero-order valence-corrected chi connectivity index (χ0v) is 20.0. The predicted molar refractivity (Wildman–Crippen MR) is 137 cm³/mol. The number of hydrogen-bond donors (Lipinski definition) is 3. The summed E-state index contributed by atoms with van der Waals surface area (Å²) in [6.07, 6.45) is 0. The summed E-state index contributed by atoms with van der Waals surface area (Å²) in [5.74, 6) is 0. The highest BCUT2D eigenvalue weighted by atomic mass is 32.2. The average molecular weight is 487 g/mol. The van der Waals surface area contributed by atoms with Gasteiger partial charge in [-0.15, -0.1) is 4.83 Å². The Bertz CT molecular complexity index is 1480. The number of amides is 2. The van der Waals surface area contributed by atoms with E-state index in [2.05, 4.69) is 15.5 Å². The molecule has 8 heteroatoms.